The third kappa shape index (κ3) is 4.39. The molecule has 1 aliphatic rings. The summed E-state index contributed by atoms with van der Waals surface area (Å²) < 4.78 is 5.47. The van der Waals surface area contributed by atoms with Crippen molar-refractivity contribution in [3.05, 3.63) is 28.8 Å². The third-order valence-corrected chi connectivity index (χ3v) is 4.40. The molecule has 0 spiro atoms. The van der Waals surface area contributed by atoms with Crippen LogP contribution in [-0.2, 0) is 6.42 Å². The van der Waals surface area contributed by atoms with E-state index in [4.69, 9.17) is 16.3 Å². The van der Waals surface area contributed by atoms with Crippen LogP contribution in [0.1, 0.15) is 39.2 Å². The summed E-state index contributed by atoms with van der Waals surface area (Å²) >= 11 is 6.14. The fourth-order valence-electron chi connectivity index (χ4n) is 2.45. The van der Waals surface area contributed by atoms with Crippen molar-refractivity contribution in [3.63, 3.8) is 0 Å². The van der Waals surface area contributed by atoms with Crippen molar-refractivity contribution < 1.29 is 4.74 Å². The van der Waals surface area contributed by atoms with Gasteiger partial charge in [-0.2, -0.15) is 0 Å². The summed E-state index contributed by atoms with van der Waals surface area (Å²) in [4.78, 5) is 0. The van der Waals surface area contributed by atoms with Gasteiger partial charge in [-0.25, -0.2) is 0 Å². The molecule has 0 radical (unpaired) electrons. The molecule has 0 amide bonds. The van der Waals surface area contributed by atoms with Gasteiger partial charge in [0.2, 0.25) is 0 Å². The number of halogens is 1. The van der Waals surface area contributed by atoms with E-state index in [9.17, 15) is 0 Å². The van der Waals surface area contributed by atoms with Crippen molar-refractivity contribution in [3.8, 4) is 5.75 Å². The van der Waals surface area contributed by atoms with Crippen molar-refractivity contribution in [1.82, 2.24) is 5.32 Å². The number of hydrogen-bond acceptors (Lipinski definition) is 2. The van der Waals surface area contributed by atoms with Crippen LogP contribution in [0.3, 0.4) is 0 Å². The molecule has 0 aliphatic heterocycles. The van der Waals surface area contributed by atoms with Crippen molar-refractivity contribution in [2.24, 2.45) is 11.3 Å². The smallest absolute Gasteiger partial charge is 0.122 e. The minimum Gasteiger partial charge on any atom is -0.496 e. The van der Waals surface area contributed by atoms with Crippen LogP contribution >= 0.6 is 11.6 Å². The molecule has 1 aliphatic carbocycles. The van der Waals surface area contributed by atoms with Gasteiger partial charge in [0.05, 0.1) is 7.11 Å². The van der Waals surface area contributed by atoms with Crippen LogP contribution in [0.5, 0.6) is 5.75 Å². The highest BCUT2D eigenvalue weighted by molar-refractivity contribution is 6.30. The van der Waals surface area contributed by atoms with Crippen LogP contribution in [0, 0.1) is 11.3 Å². The Labute approximate surface area is 127 Å². The van der Waals surface area contributed by atoms with E-state index in [1.807, 2.05) is 18.2 Å². The molecule has 3 heteroatoms. The monoisotopic (exact) mass is 295 g/mol. The first-order chi connectivity index (χ1) is 9.40. The normalized spacial score (nSPS) is 17.1. The summed E-state index contributed by atoms with van der Waals surface area (Å²) in [7, 11) is 1.72. The van der Waals surface area contributed by atoms with E-state index >= 15 is 0 Å². The zero-order chi connectivity index (χ0) is 14.8. The van der Waals surface area contributed by atoms with E-state index in [1.54, 1.807) is 7.11 Å². The Morgan fingerprint density at radius 2 is 2.05 bits per heavy atom. The summed E-state index contributed by atoms with van der Waals surface area (Å²) in [5, 5.41) is 4.44. The lowest BCUT2D eigenvalue weighted by atomic mass is 9.77. The van der Waals surface area contributed by atoms with Gasteiger partial charge in [-0.15, -0.1) is 0 Å². The van der Waals surface area contributed by atoms with Crippen LogP contribution in [0.15, 0.2) is 18.2 Å². The molecule has 2 nitrogen and oxygen atoms in total. The van der Waals surface area contributed by atoms with Crippen molar-refractivity contribution >= 4 is 11.6 Å². The molecule has 0 saturated heterocycles. The Bertz CT molecular complexity index is 449. The van der Waals surface area contributed by atoms with E-state index in [1.165, 1.54) is 18.4 Å². The predicted octanol–water partition coefficient (Wildman–Crippen LogP) is 4.31. The molecular formula is C17H26ClNO. The summed E-state index contributed by atoms with van der Waals surface area (Å²) in [5.41, 5.74) is 1.47. The molecule has 20 heavy (non-hydrogen) atoms. The maximum Gasteiger partial charge on any atom is 0.122 e. The molecule has 1 unspecified atom stereocenters. The molecule has 1 saturated carbocycles. The second-order valence-electron chi connectivity index (χ2n) is 6.91. The molecule has 1 fully saturated rings. The molecule has 112 valence electrons. The van der Waals surface area contributed by atoms with Gasteiger partial charge in [0, 0.05) is 11.1 Å². The lowest BCUT2D eigenvalue weighted by Crippen LogP contribution is -2.34. The SMILES string of the molecule is COc1ccc(Cl)cc1CC(CNC1CC1)C(C)(C)C. The minimum atomic E-state index is 0.259. The van der Waals surface area contributed by atoms with Gasteiger partial charge in [-0.3, -0.25) is 0 Å². The van der Waals surface area contributed by atoms with Gasteiger partial charge < -0.3 is 10.1 Å². The van der Waals surface area contributed by atoms with Gasteiger partial charge in [-0.05, 0) is 60.9 Å². The number of hydrogen-bond donors (Lipinski definition) is 1. The number of methoxy groups -OCH3 is 1. The first kappa shape index (κ1) is 15.7. The minimum absolute atomic E-state index is 0.259. The van der Waals surface area contributed by atoms with E-state index in [-0.39, 0.29) is 5.41 Å². The van der Waals surface area contributed by atoms with Gasteiger partial charge in [0.15, 0.2) is 0 Å². The quantitative estimate of drug-likeness (QED) is 0.844. The summed E-state index contributed by atoms with van der Waals surface area (Å²) in [6, 6.07) is 6.64. The average molecular weight is 296 g/mol. The van der Waals surface area contributed by atoms with Crippen LogP contribution < -0.4 is 10.1 Å². The largest absolute Gasteiger partial charge is 0.496 e. The zero-order valence-electron chi connectivity index (χ0n) is 13.0. The molecule has 1 atom stereocenters. The topological polar surface area (TPSA) is 21.3 Å². The van der Waals surface area contributed by atoms with E-state index < -0.39 is 0 Å². The molecule has 0 heterocycles. The van der Waals surface area contributed by atoms with Crippen LogP contribution in [0.2, 0.25) is 5.02 Å². The second-order valence-corrected chi connectivity index (χ2v) is 7.34. The van der Waals surface area contributed by atoms with Gasteiger partial charge >= 0.3 is 0 Å². The molecule has 1 aromatic carbocycles. The average Bonchev–Trinajstić information content (AvgIpc) is 3.17. The number of ether oxygens (including phenoxy) is 1. The molecule has 1 aromatic rings. The summed E-state index contributed by atoms with van der Waals surface area (Å²) in [5.74, 6) is 1.51. The Kier molecular flexibility index (Phi) is 4.98. The van der Waals surface area contributed by atoms with Gasteiger partial charge in [-0.1, -0.05) is 32.4 Å². The third-order valence-electron chi connectivity index (χ3n) is 4.16. The van der Waals surface area contributed by atoms with E-state index in [0.717, 1.165) is 29.8 Å². The first-order valence-corrected chi connectivity index (χ1v) is 7.83. The second kappa shape index (κ2) is 6.36. The summed E-state index contributed by atoms with van der Waals surface area (Å²) in [6.45, 7) is 7.99. The lowest BCUT2D eigenvalue weighted by molar-refractivity contribution is 0.228. The number of benzene rings is 1. The lowest BCUT2D eigenvalue weighted by Gasteiger charge is -2.31. The van der Waals surface area contributed by atoms with Crippen molar-refractivity contribution in [2.45, 2.75) is 46.1 Å². The fraction of sp³-hybridized carbons (Fsp3) is 0.647. The van der Waals surface area contributed by atoms with Crippen molar-refractivity contribution in [2.75, 3.05) is 13.7 Å². The maximum absolute atomic E-state index is 6.14. The molecule has 2 rings (SSSR count). The van der Waals surface area contributed by atoms with Gasteiger partial charge in [0.25, 0.3) is 0 Å². The highest BCUT2D eigenvalue weighted by Gasteiger charge is 2.28. The van der Waals surface area contributed by atoms with Crippen LogP contribution in [0.25, 0.3) is 0 Å². The molecule has 0 aromatic heterocycles. The standard InChI is InChI=1S/C17H26ClNO/c1-17(2,3)13(11-19-15-6-7-15)9-12-10-14(18)5-8-16(12)20-4/h5,8,10,13,15,19H,6-7,9,11H2,1-4H3. The summed E-state index contributed by atoms with van der Waals surface area (Å²) in [6.07, 6.45) is 3.65. The van der Waals surface area contributed by atoms with E-state index in [0.29, 0.717) is 5.92 Å². The fourth-order valence-corrected chi connectivity index (χ4v) is 2.65. The Morgan fingerprint density at radius 3 is 2.60 bits per heavy atom. The Morgan fingerprint density at radius 1 is 1.35 bits per heavy atom. The Hall–Kier alpha value is -0.730. The zero-order valence-corrected chi connectivity index (χ0v) is 13.8. The van der Waals surface area contributed by atoms with Crippen molar-refractivity contribution in [1.29, 1.82) is 0 Å². The molecular weight excluding hydrogens is 270 g/mol. The number of rotatable bonds is 6. The highest BCUT2D eigenvalue weighted by atomic mass is 35.5. The number of nitrogens with one attached hydrogen (secondary N) is 1. The van der Waals surface area contributed by atoms with Crippen LogP contribution in [-0.4, -0.2) is 19.7 Å². The maximum atomic E-state index is 6.14. The first-order valence-electron chi connectivity index (χ1n) is 7.46. The molecule has 0 bridgehead atoms. The van der Waals surface area contributed by atoms with Crippen LogP contribution in [0.4, 0.5) is 0 Å². The van der Waals surface area contributed by atoms with E-state index in [2.05, 4.69) is 26.1 Å². The Balaban J connectivity index is 2.11. The molecule has 1 N–H and O–H groups in total. The predicted molar refractivity (Wildman–Crippen MR) is 85.7 cm³/mol. The highest BCUT2D eigenvalue weighted by Crippen LogP contribution is 2.33. The van der Waals surface area contributed by atoms with Gasteiger partial charge in [0.1, 0.15) is 5.75 Å².